The Kier molecular flexibility index (Phi) is 5.24. The van der Waals surface area contributed by atoms with E-state index in [0.717, 1.165) is 11.5 Å². The molecule has 0 aromatic heterocycles. The number of halogens is 1. The van der Waals surface area contributed by atoms with Crippen LogP contribution in [0.3, 0.4) is 0 Å². The predicted molar refractivity (Wildman–Crippen MR) is 77.2 cm³/mol. The Morgan fingerprint density at radius 1 is 1.16 bits per heavy atom. The van der Waals surface area contributed by atoms with Crippen LogP contribution in [0.4, 0.5) is 4.39 Å². The second kappa shape index (κ2) is 6.93. The first-order valence-corrected chi connectivity index (χ1v) is 7.66. The summed E-state index contributed by atoms with van der Waals surface area (Å²) in [6, 6.07) is 5.50. The Morgan fingerprint density at radius 3 is 2.47 bits per heavy atom. The highest BCUT2D eigenvalue weighted by molar-refractivity contribution is 5.31. The van der Waals surface area contributed by atoms with Gasteiger partial charge in [-0.3, -0.25) is 0 Å². The van der Waals surface area contributed by atoms with Gasteiger partial charge in [-0.05, 0) is 62.1 Å². The first-order chi connectivity index (χ1) is 9.24. The summed E-state index contributed by atoms with van der Waals surface area (Å²) in [4.78, 5) is 0. The molecule has 2 rings (SSSR count). The molecule has 19 heavy (non-hydrogen) atoms. The fraction of sp³-hybridized carbons (Fsp3) is 0.647. The number of hydrogen-bond acceptors (Lipinski definition) is 1. The minimum absolute atomic E-state index is 0.213. The smallest absolute Gasteiger partial charge is 0.165 e. The van der Waals surface area contributed by atoms with Crippen molar-refractivity contribution in [1.29, 1.82) is 0 Å². The summed E-state index contributed by atoms with van der Waals surface area (Å²) < 4.78 is 19.1. The average Bonchev–Trinajstić information content (AvgIpc) is 2.43. The Morgan fingerprint density at radius 2 is 1.89 bits per heavy atom. The molecule has 0 N–H and O–H groups in total. The summed E-state index contributed by atoms with van der Waals surface area (Å²) in [6.45, 7) is 4.65. The molecule has 0 saturated heterocycles. The van der Waals surface area contributed by atoms with Crippen molar-refractivity contribution in [1.82, 2.24) is 0 Å². The molecule has 2 heteroatoms. The van der Waals surface area contributed by atoms with E-state index < -0.39 is 0 Å². The van der Waals surface area contributed by atoms with Crippen LogP contribution in [0.2, 0.25) is 0 Å². The first-order valence-electron chi connectivity index (χ1n) is 7.66. The van der Waals surface area contributed by atoms with E-state index in [4.69, 9.17) is 4.74 Å². The van der Waals surface area contributed by atoms with Gasteiger partial charge in [-0.15, -0.1) is 0 Å². The van der Waals surface area contributed by atoms with Gasteiger partial charge >= 0.3 is 0 Å². The summed E-state index contributed by atoms with van der Waals surface area (Å²) in [6.07, 6.45) is 7.65. The molecule has 1 saturated carbocycles. The number of rotatable bonds is 5. The largest absolute Gasteiger partial charge is 0.491 e. The number of hydrogen-bond donors (Lipinski definition) is 0. The highest BCUT2D eigenvalue weighted by atomic mass is 19.1. The van der Waals surface area contributed by atoms with Crippen molar-refractivity contribution in [2.24, 2.45) is 5.92 Å². The quantitative estimate of drug-likeness (QED) is 0.701. The minimum atomic E-state index is -0.213. The van der Waals surface area contributed by atoms with Crippen molar-refractivity contribution >= 4 is 0 Å². The minimum Gasteiger partial charge on any atom is -0.491 e. The molecule has 1 aliphatic carbocycles. The molecular weight excluding hydrogens is 239 g/mol. The Bertz CT molecular complexity index is 394. The van der Waals surface area contributed by atoms with Crippen molar-refractivity contribution in [2.45, 2.75) is 58.3 Å². The van der Waals surface area contributed by atoms with Gasteiger partial charge in [-0.1, -0.05) is 25.8 Å². The lowest BCUT2D eigenvalue weighted by Gasteiger charge is -2.28. The fourth-order valence-electron chi connectivity index (χ4n) is 3.24. The third-order valence-electron chi connectivity index (χ3n) is 4.27. The van der Waals surface area contributed by atoms with Crippen molar-refractivity contribution in [3.05, 3.63) is 29.6 Å². The number of ether oxygens (including phenoxy) is 1. The van der Waals surface area contributed by atoms with Gasteiger partial charge < -0.3 is 4.74 Å². The zero-order valence-electron chi connectivity index (χ0n) is 12.1. The van der Waals surface area contributed by atoms with Gasteiger partial charge in [0.15, 0.2) is 11.6 Å². The third-order valence-corrected chi connectivity index (χ3v) is 4.27. The van der Waals surface area contributed by atoms with Gasteiger partial charge in [0.2, 0.25) is 0 Å². The van der Waals surface area contributed by atoms with Crippen LogP contribution in [-0.2, 0) is 0 Å². The lowest BCUT2D eigenvalue weighted by atomic mass is 9.77. The van der Waals surface area contributed by atoms with E-state index in [2.05, 4.69) is 6.92 Å². The lowest BCUT2D eigenvalue weighted by Crippen LogP contribution is -2.13. The van der Waals surface area contributed by atoms with E-state index in [1.807, 2.05) is 13.0 Å². The lowest BCUT2D eigenvalue weighted by molar-refractivity contribution is 0.305. The van der Waals surface area contributed by atoms with Crippen LogP contribution < -0.4 is 4.74 Å². The molecule has 1 fully saturated rings. The molecule has 1 aliphatic rings. The fourth-order valence-corrected chi connectivity index (χ4v) is 3.24. The zero-order valence-corrected chi connectivity index (χ0v) is 12.1. The maximum Gasteiger partial charge on any atom is 0.165 e. The summed E-state index contributed by atoms with van der Waals surface area (Å²) in [5.74, 6) is 1.60. The van der Waals surface area contributed by atoms with Gasteiger partial charge in [0.05, 0.1) is 6.61 Å². The Hall–Kier alpha value is -1.05. The topological polar surface area (TPSA) is 9.23 Å². The van der Waals surface area contributed by atoms with E-state index in [1.165, 1.54) is 38.5 Å². The Balaban J connectivity index is 1.97. The van der Waals surface area contributed by atoms with E-state index in [1.54, 1.807) is 12.1 Å². The Labute approximate surface area is 116 Å². The van der Waals surface area contributed by atoms with Gasteiger partial charge in [0, 0.05) is 0 Å². The second-order valence-corrected chi connectivity index (χ2v) is 5.63. The van der Waals surface area contributed by atoms with Crippen LogP contribution in [0.15, 0.2) is 18.2 Å². The molecule has 1 nitrogen and oxygen atoms in total. The average molecular weight is 264 g/mol. The summed E-state index contributed by atoms with van der Waals surface area (Å²) in [5.41, 5.74) is 1.15. The molecule has 106 valence electrons. The van der Waals surface area contributed by atoms with Crippen LogP contribution in [0.25, 0.3) is 0 Å². The number of benzene rings is 1. The van der Waals surface area contributed by atoms with Crippen LogP contribution >= 0.6 is 0 Å². The normalized spacial score (nSPS) is 23.3. The molecule has 0 radical (unpaired) electrons. The maximum atomic E-state index is 13.9. The van der Waals surface area contributed by atoms with Crippen LogP contribution in [0.5, 0.6) is 5.75 Å². The predicted octanol–water partition coefficient (Wildman–Crippen LogP) is 5.30. The molecule has 0 bridgehead atoms. The van der Waals surface area contributed by atoms with Crippen LogP contribution in [0.1, 0.15) is 63.9 Å². The standard InChI is InChI=1S/C17H25FO/c1-3-5-13-6-8-14(9-7-13)15-10-11-17(19-4-2)16(18)12-15/h10-14H,3-9H2,1-2H3. The first kappa shape index (κ1) is 14.4. The maximum absolute atomic E-state index is 13.9. The van der Waals surface area contributed by atoms with Crippen LogP contribution in [-0.4, -0.2) is 6.61 Å². The van der Waals surface area contributed by atoms with Crippen molar-refractivity contribution < 1.29 is 9.13 Å². The summed E-state index contributed by atoms with van der Waals surface area (Å²) in [5, 5.41) is 0. The van der Waals surface area contributed by atoms with Gasteiger partial charge in [-0.2, -0.15) is 0 Å². The van der Waals surface area contributed by atoms with Gasteiger partial charge in [-0.25, -0.2) is 4.39 Å². The van der Waals surface area contributed by atoms with Crippen molar-refractivity contribution in [2.75, 3.05) is 6.61 Å². The monoisotopic (exact) mass is 264 g/mol. The summed E-state index contributed by atoms with van der Waals surface area (Å²) in [7, 11) is 0. The third kappa shape index (κ3) is 3.71. The highest BCUT2D eigenvalue weighted by Gasteiger charge is 2.22. The zero-order chi connectivity index (χ0) is 13.7. The highest BCUT2D eigenvalue weighted by Crippen LogP contribution is 2.38. The van der Waals surface area contributed by atoms with E-state index >= 15 is 0 Å². The van der Waals surface area contributed by atoms with Crippen molar-refractivity contribution in [3.8, 4) is 5.75 Å². The van der Waals surface area contributed by atoms with Crippen LogP contribution in [0, 0.1) is 11.7 Å². The van der Waals surface area contributed by atoms with Gasteiger partial charge in [0.1, 0.15) is 0 Å². The molecule has 0 heterocycles. The molecule has 0 aliphatic heterocycles. The molecule has 0 spiro atoms. The molecule has 0 unspecified atom stereocenters. The van der Waals surface area contributed by atoms with E-state index in [0.29, 0.717) is 18.3 Å². The molecule has 1 aromatic rings. The second-order valence-electron chi connectivity index (χ2n) is 5.63. The molecule has 1 aromatic carbocycles. The van der Waals surface area contributed by atoms with Gasteiger partial charge in [0.25, 0.3) is 0 Å². The van der Waals surface area contributed by atoms with E-state index in [9.17, 15) is 4.39 Å². The molecular formula is C17H25FO. The molecule has 0 amide bonds. The SMILES string of the molecule is CCCC1CCC(c2ccc(OCC)c(F)c2)CC1. The summed E-state index contributed by atoms with van der Waals surface area (Å²) >= 11 is 0. The molecule has 0 atom stereocenters. The van der Waals surface area contributed by atoms with E-state index in [-0.39, 0.29) is 5.82 Å². The van der Waals surface area contributed by atoms with Crippen molar-refractivity contribution in [3.63, 3.8) is 0 Å².